The van der Waals surface area contributed by atoms with E-state index < -0.39 is 0 Å². The molecule has 4 unspecified atom stereocenters. The van der Waals surface area contributed by atoms with E-state index in [0.717, 1.165) is 18.3 Å². The van der Waals surface area contributed by atoms with Crippen molar-refractivity contribution in [3.8, 4) is 0 Å². The Morgan fingerprint density at radius 2 is 1.95 bits per heavy atom. The van der Waals surface area contributed by atoms with E-state index >= 15 is 0 Å². The maximum atomic E-state index is 10.4. The number of rotatable bonds is 3. The van der Waals surface area contributed by atoms with Crippen molar-refractivity contribution in [1.29, 1.82) is 0 Å². The predicted molar refractivity (Wildman–Crippen MR) is 81.2 cm³/mol. The maximum Gasteiger partial charge on any atom is 0.0695 e. The molecule has 0 amide bonds. The summed E-state index contributed by atoms with van der Waals surface area (Å²) >= 11 is 0. The first-order chi connectivity index (χ1) is 8.94. The minimum Gasteiger partial charge on any atom is -0.391 e. The van der Waals surface area contributed by atoms with Crippen LogP contribution in [0.4, 0.5) is 0 Å². The number of piperidine rings is 1. The van der Waals surface area contributed by atoms with Crippen LogP contribution in [-0.4, -0.2) is 35.2 Å². The summed E-state index contributed by atoms with van der Waals surface area (Å²) in [4.78, 5) is 2.59. The lowest BCUT2D eigenvalue weighted by molar-refractivity contribution is -0.0330. The lowest BCUT2D eigenvalue weighted by Gasteiger charge is -2.47. The Balaban J connectivity index is 2.02. The normalized spacial score (nSPS) is 38.4. The van der Waals surface area contributed by atoms with E-state index in [9.17, 15) is 5.11 Å². The average Bonchev–Trinajstić information content (AvgIpc) is 2.39. The fourth-order valence-electron chi connectivity index (χ4n) is 4.05. The summed E-state index contributed by atoms with van der Waals surface area (Å²) in [6.07, 6.45) is 7.25. The van der Waals surface area contributed by atoms with Crippen molar-refractivity contribution in [2.24, 2.45) is 17.3 Å². The van der Waals surface area contributed by atoms with Gasteiger partial charge in [-0.1, -0.05) is 34.1 Å². The van der Waals surface area contributed by atoms with Crippen LogP contribution in [0.25, 0.3) is 0 Å². The van der Waals surface area contributed by atoms with E-state index in [1.165, 1.54) is 45.2 Å². The second kappa shape index (κ2) is 6.13. The van der Waals surface area contributed by atoms with Crippen LogP contribution in [0.3, 0.4) is 0 Å². The summed E-state index contributed by atoms with van der Waals surface area (Å²) in [5.41, 5.74) is 0.430. The van der Waals surface area contributed by atoms with Gasteiger partial charge in [0.2, 0.25) is 0 Å². The fourth-order valence-corrected chi connectivity index (χ4v) is 4.05. The largest absolute Gasteiger partial charge is 0.391 e. The van der Waals surface area contributed by atoms with Crippen LogP contribution in [0, 0.1) is 17.3 Å². The monoisotopic (exact) mass is 267 g/mol. The van der Waals surface area contributed by atoms with Gasteiger partial charge in [0.05, 0.1) is 6.10 Å². The van der Waals surface area contributed by atoms with Crippen molar-refractivity contribution in [3.63, 3.8) is 0 Å². The third-order valence-electron chi connectivity index (χ3n) is 5.95. The molecule has 112 valence electrons. The van der Waals surface area contributed by atoms with Crippen LogP contribution in [0.15, 0.2) is 0 Å². The van der Waals surface area contributed by atoms with Crippen LogP contribution in [-0.2, 0) is 0 Å². The van der Waals surface area contributed by atoms with Crippen LogP contribution in [0.2, 0.25) is 0 Å². The molecule has 1 heterocycles. The topological polar surface area (TPSA) is 23.5 Å². The number of aliphatic hydroxyl groups is 1. The van der Waals surface area contributed by atoms with Crippen molar-refractivity contribution in [2.75, 3.05) is 13.1 Å². The maximum absolute atomic E-state index is 10.4. The minimum atomic E-state index is -0.0887. The number of aliphatic hydroxyl groups excluding tert-OH is 1. The van der Waals surface area contributed by atoms with E-state index in [-0.39, 0.29) is 6.10 Å². The van der Waals surface area contributed by atoms with Gasteiger partial charge in [0.15, 0.2) is 0 Å². The first kappa shape index (κ1) is 15.3. The molecule has 0 aromatic carbocycles. The standard InChI is InChI=1S/C17H33NO/c1-5-17(3,4)14-8-9-16(19)15(11-14)18-10-6-7-13(2)12-18/h13-16,19H,5-12H2,1-4H3. The summed E-state index contributed by atoms with van der Waals surface area (Å²) in [6.45, 7) is 11.9. The van der Waals surface area contributed by atoms with Crippen molar-refractivity contribution in [2.45, 2.75) is 78.4 Å². The predicted octanol–water partition coefficient (Wildman–Crippen LogP) is 3.68. The Morgan fingerprint density at radius 1 is 1.21 bits per heavy atom. The van der Waals surface area contributed by atoms with E-state index in [1.807, 2.05) is 0 Å². The number of hydrogen-bond donors (Lipinski definition) is 1. The molecule has 0 aromatic rings. The fraction of sp³-hybridized carbons (Fsp3) is 1.00. The molecule has 2 fully saturated rings. The number of likely N-dealkylation sites (tertiary alicyclic amines) is 1. The molecule has 0 bridgehead atoms. The molecule has 2 heteroatoms. The van der Waals surface area contributed by atoms with Gasteiger partial charge in [-0.25, -0.2) is 0 Å². The lowest BCUT2D eigenvalue weighted by atomic mass is 9.67. The molecule has 0 aromatic heterocycles. The third kappa shape index (κ3) is 3.52. The zero-order valence-corrected chi connectivity index (χ0v) is 13.4. The lowest BCUT2D eigenvalue weighted by Crippen LogP contribution is -2.52. The molecule has 1 N–H and O–H groups in total. The summed E-state index contributed by atoms with van der Waals surface area (Å²) < 4.78 is 0. The highest BCUT2D eigenvalue weighted by molar-refractivity contribution is 4.92. The number of nitrogens with zero attached hydrogens (tertiary/aromatic N) is 1. The molecule has 1 aliphatic heterocycles. The second-order valence-electron chi connectivity index (χ2n) is 7.73. The van der Waals surface area contributed by atoms with E-state index in [0.29, 0.717) is 11.5 Å². The van der Waals surface area contributed by atoms with Crippen molar-refractivity contribution >= 4 is 0 Å². The Morgan fingerprint density at radius 3 is 2.58 bits per heavy atom. The smallest absolute Gasteiger partial charge is 0.0695 e. The molecular weight excluding hydrogens is 234 g/mol. The van der Waals surface area contributed by atoms with Gasteiger partial charge in [-0.05, 0) is 55.9 Å². The molecule has 1 saturated carbocycles. The zero-order chi connectivity index (χ0) is 14.0. The molecule has 1 saturated heterocycles. The zero-order valence-electron chi connectivity index (χ0n) is 13.4. The van der Waals surface area contributed by atoms with Crippen LogP contribution in [0.1, 0.15) is 66.2 Å². The summed E-state index contributed by atoms with van der Waals surface area (Å²) in [5, 5.41) is 10.4. The van der Waals surface area contributed by atoms with Gasteiger partial charge < -0.3 is 5.11 Å². The van der Waals surface area contributed by atoms with E-state index in [2.05, 4.69) is 32.6 Å². The summed E-state index contributed by atoms with van der Waals surface area (Å²) in [6, 6.07) is 0.423. The molecule has 2 rings (SSSR count). The highest BCUT2D eigenvalue weighted by Crippen LogP contribution is 2.42. The van der Waals surface area contributed by atoms with Crippen LogP contribution >= 0.6 is 0 Å². The summed E-state index contributed by atoms with van der Waals surface area (Å²) in [7, 11) is 0. The van der Waals surface area contributed by atoms with Gasteiger partial charge in [-0.3, -0.25) is 4.90 Å². The Kier molecular flexibility index (Phi) is 4.94. The highest BCUT2D eigenvalue weighted by Gasteiger charge is 2.39. The third-order valence-corrected chi connectivity index (χ3v) is 5.95. The molecule has 1 aliphatic carbocycles. The van der Waals surface area contributed by atoms with E-state index in [4.69, 9.17) is 0 Å². The molecular formula is C17H33NO. The van der Waals surface area contributed by atoms with Gasteiger partial charge >= 0.3 is 0 Å². The molecule has 0 spiro atoms. The second-order valence-corrected chi connectivity index (χ2v) is 7.73. The molecule has 0 radical (unpaired) electrons. The molecule has 2 nitrogen and oxygen atoms in total. The van der Waals surface area contributed by atoms with E-state index in [1.54, 1.807) is 0 Å². The molecule has 4 atom stereocenters. The summed E-state index contributed by atoms with van der Waals surface area (Å²) in [5.74, 6) is 1.59. The van der Waals surface area contributed by atoms with Gasteiger partial charge in [-0.15, -0.1) is 0 Å². The van der Waals surface area contributed by atoms with Crippen LogP contribution < -0.4 is 0 Å². The average molecular weight is 267 g/mol. The number of hydrogen-bond acceptors (Lipinski definition) is 2. The first-order valence-corrected chi connectivity index (χ1v) is 8.36. The van der Waals surface area contributed by atoms with Gasteiger partial charge in [-0.2, -0.15) is 0 Å². The highest BCUT2D eigenvalue weighted by atomic mass is 16.3. The van der Waals surface area contributed by atoms with Crippen molar-refractivity contribution in [3.05, 3.63) is 0 Å². The molecule has 2 aliphatic rings. The van der Waals surface area contributed by atoms with Crippen LogP contribution in [0.5, 0.6) is 0 Å². The Bertz CT molecular complexity index is 289. The van der Waals surface area contributed by atoms with Gasteiger partial charge in [0.25, 0.3) is 0 Å². The minimum absolute atomic E-state index is 0.0887. The Hall–Kier alpha value is -0.0800. The van der Waals surface area contributed by atoms with Crippen molar-refractivity contribution < 1.29 is 5.11 Å². The quantitative estimate of drug-likeness (QED) is 0.843. The van der Waals surface area contributed by atoms with Gasteiger partial charge in [0.1, 0.15) is 0 Å². The van der Waals surface area contributed by atoms with Gasteiger partial charge in [0, 0.05) is 12.6 Å². The SMILES string of the molecule is CCC(C)(C)C1CCC(O)C(N2CCCC(C)C2)C1. The van der Waals surface area contributed by atoms with Crippen molar-refractivity contribution in [1.82, 2.24) is 4.90 Å². The molecule has 19 heavy (non-hydrogen) atoms. The first-order valence-electron chi connectivity index (χ1n) is 8.36. The Labute approximate surface area is 119 Å².